The minimum absolute atomic E-state index is 0.252. The summed E-state index contributed by atoms with van der Waals surface area (Å²) in [4.78, 5) is 28.3. The number of hydrogen-bond donors (Lipinski definition) is 2. The second-order valence-electron chi connectivity index (χ2n) is 8.35. The summed E-state index contributed by atoms with van der Waals surface area (Å²) in [5.74, 6) is 0.758. The van der Waals surface area contributed by atoms with Crippen molar-refractivity contribution in [3.05, 3.63) is 29.3 Å². The van der Waals surface area contributed by atoms with Gasteiger partial charge in [-0.1, -0.05) is 12.1 Å². The highest BCUT2D eigenvalue weighted by Crippen LogP contribution is 2.26. The first-order chi connectivity index (χ1) is 12.8. The van der Waals surface area contributed by atoms with E-state index in [1.54, 1.807) is 0 Å². The molecule has 0 radical (unpaired) electrons. The number of rotatable bonds is 4. The lowest BCUT2D eigenvalue weighted by Gasteiger charge is -2.34. The van der Waals surface area contributed by atoms with E-state index in [2.05, 4.69) is 38.6 Å². The standard InChI is InChI=1S/C20H30N4O3/c1-20(2,3)22-19(26)21-18(25)14-24-9-7-23(8-10-24)13-15-4-5-17-16(12-15)6-11-27-17/h4-5,12H,6-11,13-14H2,1-3H3,(H2,21,22,25,26). The molecule has 1 fully saturated rings. The van der Waals surface area contributed by atoms with Crippen molar-refractivity contribution in [1.29, 1.82) is 0 Å². The van der Waals surface area contributed by atoms with E-state index in [1.807, 2.05) is 20.8 Å². The van der Waals surface area contributed by atoms with Gasteiger partial charge >= 0.3 is 6.03 Å². The van der Waals surface area contributed by atoms with Crippen LogP contribution in [0.1, 0.15) is 31.9 Å². The SMILES string of the molecule is CC(C)(C)NC(=O)NC(=O)CN1CCN(Cc2ccc3c(c2)CCO3)CC1. The summed E-state index contributed by atoms with van der Waals surface area (Å²) in [6, 6.07) is 6.01. The van der Waals surface area contributed by atoms with Gasteiger partial charge in [0.1, 0.15) is 5.75 Å². The van der Waals surface area contributed by atoms with Crippen LogP contribution in [0.2, 0.25) is 0 Å². The molecule has 0 atom stereocenters. The first-order valence-corrected chi connectivity index (χ1v) is 9.60. The minimum atomic E-state index is -0.438. The van der Waals surface area contributed by atoms with Crippen LogP contribution in [0.25, 0.3) is 0 Å². The van der Waals surface area contributed by atoms with Gasteiger partial charge in [-0.05, 0) is 38.0 Å². The fraction of sp³-hybridized carbons (Fsp3) is 0.600. The Kier molecular flexibility index (Phi) is 6.01. The molecule has 27 heavy (non-hydrogen) atoms. The van der Waals surface area contributed by atoms with Gasteiger partial charge < -0.3 is 10.1 Å². The molecule has 1 saturated heterocycles. The highest BCUT2D eigenvalue weighted by Gasteiger charge is 2.21. The first kappa shape index (κ1) is 19.6. The number of hydrogen-bond acceptors (Lipinski definition) is 5. The smallest absolute Gasteiger partial charge is 0.321 e. The molecule has 3 amide bonds. The van der Waals surface area contributed by atoms with Crippen LogP contribution in [0.3, 0.4) is 0 Å². The summed E-state index contributed by atoms with van der Waals surface area (Å²) in [6.07, 6.45) is 0.995. The van der Waals surface area contributed by atoms with Crippen LogP contribution < -0.4 is 15.4 Å². The zero-order valence-corrected chi connectivity index (χ0v) is 16.5. The molecule has 0 bridgehead atoms. The molecular weight excluding hydrogens is 344 g/mol. The van der Waals surface area contributed by atoms with Gasteiger partial charge in [0, 0.05) is 44.7 Å². The highest BCUT2D eigenvalue weighted by atomic mass is 16.5. The Morgan fingerprint density at radius 2 is 1.81 bits per heavy atom. The van der Waals surface area contributed by atoms with Crippen molar-refractivity contribution >= 4 is 11.9 Å². The van der Waals surface area contributed by atoms with Crippen LogP contribution in [-0.2, 0) is 17.8 Å². The van der Waals surface area contributed by atoms with Crippen molar-refractivity contribution < 1.29 is 14.3 Å². The van der Waals surface area contributed by atoms with Crippen LogP contribution in [0.4, 0.5) is 4.79 Å². The molecule has 0 saturated carbocycles. The van der Waals surface area contributed by atoms with E-state index < -0.39 is 6.03 Å². The number of fused-ring (bicyclic) bond motifs is 1. The Bertz CT molecular complexity index is 691. The number of imide groups is 1. The fourth-order valence-corrected chi connectivity index (χ4v) is 3.44. The number of nitrogens with zero attached hydrogens (tertiary/aromatic N) is 2. The maximum absolute atomic E-state index is 12.0. The van der Waals surface area contributed by atoms with Crippen LogP contribution >= 0.6 is 0 Å². The molecule has 7 heteroatoms. The predicted octanol–water partition coefficient (Wildman–Crippen LogP) is 1.36. The molecule has 0 spiro atoms. The molecule has 1 aromatic rings. The second-order valence-corrected chi connectivity index (χ2v) is 8.35. The van der Waals surface area contributed by atoms with Crippen molar-refractivity contribution in [3.63, 3.8) is 0 Å². The number of nitrogens with one attached hydrogen (secondary N) is 2. The van der Waals surface area contributed by atoms with E-state index in [4.69, 9.17) is 4.74 Å². The van der Waals surface area contributed by atoms with Gasteiger partial charge in [-0.15, -0.1) is 0 Å². The molecule has 3 rings (SSSR count). The van der Waals surface area contributed by atoms with Gasteiger partial charge in [0.05, 0.1) is 13.2 Å². The Labute approximate surface area is 161 Å². The van der Waals surface area contributed by atoms with Crippen molar-refractivity contribution in [1.82, 2.24) is 20.4 Å². The van der Waals surface area contributed by atoms with Crippen molar-refractivity contribution in [2.75, 3.05) is 39.3 Å². The lowest BCUT2D eigenvalue weighted by atomic mass is 10.1. The van der Waals surface area contributed by atoms with Crippen molar-refractivity contribution in [2.24, 2.45) is 0 Å². The summed E-state index contributed by atoms with van der Waals surface area (Å²) >= 11 is 0. The molecule has 0 unspecified atom stereocenters. The Hall–Kier alpha value is -2.12. The van der Waals surface area contributed by atoms with Gasteiger partial charge in [-0.25, -0.2) is 4.79 Å². The Morgan fingerprint density at radius 3 is 2.52 bits per heavy atom. The third-order valence-corrected chi connectivity index (χ3v) is 4.73. The highest BCUT2D eigenvalue weighted by molar-refractivity contribution is 5.95. The van der Waals surface area contributed by atoms with Gasteiger partial charge in [-0.2, -0.15) is 0 Å². The van der Waals surface area contributed by atoms with Gasteiger partial charge in [-0.3, -0.25) is 19.9 Å². The summed E-state index contributed by atoms with van der Waals surface area (Å²) in [6.45, 7) is 11.1. The molecule has 0 aliphatic carbocycles. The number of carbonyl (C=O) groups excluding carboxylic acids is 2. The normalized spacial score (nSPS) is 17.9. The maximum atomic E-state index is 12.0. The Morgan fingerprint density at radius 1 is 1.11 bits per heavy atom. The first-order valence-electron chi connectivity index (χ1n) is 9.60. The van der Waals surface area contributed by atoms with E-state index in [0.717, 1.165) is 51.5 Å². The molecule has 148 valence electrons. The van der Waals surface area contributed by atoms with Crippen LogP contribution in [0, 0.1) is 0 Å². The molecule has 1 aromatic carbocycles. The number of urea groups is 1. The van der Waals surface area contributed by atoms with Crippen LogP contribution in [0.15, 0.2) is 18.2 Å². The number of piperazine rings is 1. The van der Waals surface area contributed by atoms with E-state index in [1.165, 1.54) is 11.1 Å². The minimum Gasteiger partial charge on any atom is -0.493 e. The van der Waals surface area contributed by atoms with Crippen molar-refractivity contribution in [2.45, 2.75) is 39.3 Å². The lowest BCUT2D eigenvalue weighted by Crippen LogP contribution is -2.52. The average Bonchev–Trinajstić information content (AvgIpc) is 3.02. The number of carbonyl (C=O) groups is 2. The van der Waals surface area contributed by atoms with Gasteiger partial charge in [0.25, 0.3) is 0 Å². The molecule has 0 aromatic heterocycles. The lowest BCUT2D eigenvalue weighted by molar-refractivity contribution is -0.121. The van der Waals surface area contributed by atoms with E-state index in [9.17, 15) is 9.59 Å². The molecule has 2 aliphatic heterocycles. The van der Waals surface area contributed by atoms with Crippen molar-refractivity contribution in [3.8, 4) is 5.75 Å². The Balaban J connectivity index is 1.40. The number of amides is 3. The van der Waals surface area contributed by atoms with Crippen LogP contribution in [-0.4, -0.2) is 66.6 Å². The van der Waals surface area contributed by atoms with E-state index >= 15 is 0 Å². The number of ether oxygens (including phenoxy) is 1. The second kappa shape index (κ2) is 8.27. The van der Waals surface area contributed by atoms with E-state index in [-0.39, 0.29) is 18.0 Å². The van der Waals surface area contributed by atoms with Gasteiger partial charge in [0.2, 0.25) is 5.91 Å². The summed E-state index contributed by atoms with van der Waals surface area (Å²) in [7, 11) is 0. The topological polar surface area (TPSA) is 73.9 Å². The van der Waals surface area contributed by atoms with Crippen LogP contribution in [0.5, 0.6) is 5.75 Å². The predicted molar refractivity (Wildman–Crippen MR) is 104 cm³/mol. The fourth-order valence-electron chi connectivity index (χ4n) is 3.44. The zero-order valence-electron chi connectivity index (χ0n) is 16.5. The largest absolute Gasteiger partial charge is 0.493 e. The molecule has 7 nitrogen and oxygen atoms in total. The third kappa shape index (κ3) is 5.94. The quantitative estimate of drug-likeness (QED) is 0.833. The average molecular weight is 374 g/mol. The molecule has 2 aliphatic rings. The van der Waals surface area contributed by atoms with Gasteiger partial charge in [0.15, 0.2) is 0 Å². The third-order valence-electron chi connectivity index (χ3n) is 4.73. The number of benzene rings is 1. The van der Waals surface area contributed by atoms with E-state index in [0.29, 0.717) is 0 Å². The maximum Gasteiger partial charge on any atom is 0.321 e. The molecule has 2 heterocycles. The monoisotopic (exact) mass is 374 g/mol. The summed E-state index contributed by atoms with van der Waals surface area (Å²) < 4.78 is 5.56. The molecule has 2 N–H and O–H groups in total. The summed E-state index contributed by atoms with van der Waals surface area (Å²) in [5.41, 5.74) is 2.25. The summed E-state index contributed by atoms with van der Waals surface area (Å²) in [5, 5.41) is 5.14. The zero-order chi connectivity index (χ0) is 19.4. The molecular formula is C20H30N4O3.